The van der Waals surface area contributed by atoms with E-state index in [1.54, 1.807) is 11.3 Å². The highest BCUT2D eigenvalue weighted by atomic mass is 79.9. The highest BCUT2D eigenvalue weighted by molar-refractivity contribution is 9.10. The number of halogens is 1. The molecule has 3 N–H and O–H groups in total. The Morgan fingerprint density at radius 2 is 2.10 bits per heavy atom. The zero-order valence-electron chi connectivity index (χ0n) is 11.6. The average Bonchev–Trinajstić information content (AvgIpc) is 2.90. The Morgan fingerprint density at radius 1 is 1.29 bits per heavy atom. The first-order chi connectivity index (χ1) is 10.2. The van der Waals surface area contributed by atoms with Gasteiger partial charge in [0.2, 0.25) is 0 Å². The molecule has 1 atom stereocenters. The first kappa shape index (κ1) is 14.7. The van der Waals surface area contributed by atoms with E-state index in [4.69, 9.17) is 5.84 Å². The van der Waals surface area contributed by atoms with Crippen LogP contribution in [0.3, 0.4) is 0 Å². The number of hydrazine groups is 1. The number of nitrogens with one attached hydrogen (secondary N) is 1. The second-order valence-corrected chi connectivity index (χ2v) is 6.98. The number of aryl methyl sites for hydroxylation is 1. The number of thiazole rings is 1. The van der Waals surface area contributed by atoms with Crippen LogP contribution in [-0.4, -0.2) is 4.98 Å². The Bertz CT molecular complexity index is 736. The van der Waals surface area contributed by atoms with Crippen molar-refractivity contribution in [2.24, 2.45) is 5.84 Å². The van der Waals surface area contributed by atoms with E-state index >= 15 is 0 Å². The van der Waals surface area contributed by atoms with Crippen molar-refractivity contribution in [3.63, 3.8) is 0 Å². The van der Waals surface area contributed by atoms with Crippen molar-refractivity contribution in [3.05, 3.63) is 63.1 Å². The van der Waals surface area contributed by atoms with Crippen LogP contribution in [0.4, 0.5) is 0 Å². The van der Waals surface area contributed by atoms with Gasteiger partial charge in [0.15, 0.2) is 0 Å². The van der Waals surface area contributed by atoms with Gasteiger partial charge in [-0.2, -0.15) is 0 Å². The molecule has 0 aliphatic rings. The van der Waals surface area contributed by atoms with Gasteiger partial charge in [0.05, 0.1) is 21.3 Å². The lowest BCUT2D eigenvalue weighted by molar-refractivity contribution is 0.551. The number of fused-ring (bicyclic) bond motifs is 1. The van der Waals surface area contributed by atoms with Crippen molar-refractivity contribution in [2.45, 2.75) is 19.4 Å². The normalized spacial score (nSPS) is 12.7. The van der Waals surface area contributed by atoms with Crippen molar-refractivity contribution >= 4 is 37.5 Å². The summed E-state index contributed by atoms with van der Waals surface area (Å²) in [5.74, 6) is 5.75. The standard InChI is InChI=1S/C16H16BrN3S/c1-10-6-7-11(8-12(10)17)14(20-18)9-16-19-13-4-2-3-5-15(13)21-16/h2-8,14,20H,9,18H2,1H3. The molecule has 0 saturated carbocycles. The molecule has 3 rings (SSSR count). The summed E-state index contributed by atoms with van der Waals surface area (Å²) in [6.45, 7) is 2.08. The molecule has 0 bridgehead atoms. The summed E-state index contributed by atoms with van der Waals surface area (Å²) in [5.41, 5.74) is 6.34. The molecule has 0 amide bonds. The smallest absolute Gasteiger partial charge is 0.0958 e. The number of benzene rings is 2. The number of aromatic nitrogens is 1. The fourth-order valence-corrected chi connectivity index (χ4v) is 3.69. The Hall–Kier alpha value is -1.27. The highest BCUT2D eigenvalue weighted by Crippen LogP contribution is 2.27. The zero-order valence-corrected chi connectivity index (χ0v) is 14.0. The summed E-state index contributed by atoms with van der Waals surface area (Å²) in [5, 5.41) is 1.09. The highest BCUT2D eigenvalue weighted by Gasteiger charge is 2.14. The van der Waals surface area contributed by atoms with Gasteiger partial charge >= 0.3 is 0 Å². The molecular formula is C16H16BrN3S. The number of para-hydroxylation sites is 1. The summed E-state index contributed by atoms with van der Waals surface area (Å²) in [6.07, 6.45) is 0.783. The molecule has 108 valence electrons. The topological polar surface area (TPSA) is 50.9 Å². The first-order valence-corrected chi connectivity index (χ1v) is 8.35. The molecule has 1 aromatic heterocycles. The van der Waals surface area contributed by atoms with E-state index in [2.05, 4.69) is 57.5 Å². The van der Waals surface area contributed by atoms with Crippen LogP contribution in [0.2, 0.25) is 0 Å². The van der Waals surface area contributed by atoms with Crippen molar-refractivity contribution in [1.29, 1.82) is 0 Å². The Morgan fingerprint density at radius 3 is 2.81 bits per heavy atom. The van der Waals surface area contributed by atoms with Gasteiger partial charge in [-0.15, -0.1) is 11.3 Å². The summed E-state index contributed by atoms with van der Waals surface area (Å²) in [7, 11) is 0. The van der Waals surface area contributed by atoms with Gasteiger partial charge in [-0.3, -0.25) is 11.3 Å². The quantitative estimate of drug-likeness (QED) is 0.542. The molecule has 3 aromatic rings. The molecule has 0 fully saturated rings. The number of rotatable bonds is 4. The van der Waals surface area contributed by atoms with E-state index < -0.39 is 0 Å². The van der Waals surface area contributed by atoms with Gasteiger partial charge in [0.1, 0.15) is 0 Å². The molecule has 5 heteroatoms. The minimum Gasteiger partial charge on any atom is -0.271 e. The molecule has 1 unspecified atom stereocenters. The molecule has 0 aliphatic heterocycles. The van der Waals surface area contributed by atoms with Crippen molar-refractivity contribution < 1.29 is 0 Å². The summed E-state index contributed by atoms with van der Waals surface area (Å²) >= 11 is 5.30. The predicted octanol–water partition coefficient (Wildman–Crippen LogP) is 4.11. The van der Waals surface area contributed by atoms with Crippen LogP contribution in [0.15, 0.2) is 46.9 Å². The molecule has 0 radical (unpaired) electrons. The van der Waals surface area contributed by atoms with E-state index in [-0.39, 0.29) is 6.04 Å². The summed E-state index contributed by atoms with van der Waals surface area (Å²) < 4.78 is 2.32. The average molecular weight is 362 g/mol. The largest absolute Gasteiger partial charge is 0.271 e. The lowest BCUT2D eigenvalue weighted by Crippen LogP contribution is -2.29. The van der Waals surface area contributed by atoms with E-state index in [1.165, 1.54) is 10.3 Å². The van der Waals surface area contributed by atoms with Crippen LogP contribution in [0.1, 0.15) is 22.2 Å². The van der Waals surface area contributed by atoms with Crippen molar-refractivity contribution in [3.8, 4) is 0 Å². The van der Waals surface area contributed by atoms with Crippen LogP contribution >= 0.6 is 27.3 Å². The molecule has 1 heterocycles. The van der Waals surface area contributed by atoms with Crippen molar-refractivity contribution in [2.75, 3.05) is 0 Å². The second kappa shape index (κ2) is 6.23. The van der Waals surface area contributed by atoms with Crippen LogP contribution in [-0.2, 0) is 6.42 Å². The molecule has 0 spiro atoms. The fraction of sp³-hybridized carbons (Fsp3) is 0.188. The second-order valence-electron chi connectivity index (χ2n) is 5.01. The third kappa shape index (κ3) is 3.16. The third-order valence-corrected chi connectivity index (χ3v) is 5.43. The van der Waals surface area contributed by atoms with E-state index in [9.17, 15) is 0 Å². The molecule has 21 heavy (non-hydrogen) atoms. The zero-order chi connectivity index (χ0) is 14.8. The SMILES string of the molecule is Cc1ccc(C(Cc2nc3ccccc3s2)NN)cc1Br. The third-order valence-electron chi connectivity index (χ3n) is 3.52. The van der Waals surface area contributed by atoms with Gasteiger partial charge in [0, 0.05) is 10.9 Å². The predicted molar refractivity (Wildman–Crippen MR) is 92.3 cm³/mol. The van der Waals surface area contributed by atoms with Gasteiger partial charge < -0.3 is 0 Å². The Balaban J connectivity index is 1.88. The number of hydrogen-bond acceptors (Lipinski definition) is 4. The first-order valence-electron chi connectivity index (χ1n) is 6.74. The van der Waals surface area contributed by atoms with Gasteiger partial charge in [-0.1, -0.05) is 40.2 Å². The summed E-state index contributed by atoms with van der Waals surface area (Å²) in [4.78, 5) is 4.68. The number of hydrogen-bond donors (Lipinski definition) is 2. The van der Waals surface area contributed by atoms with Crippen LogP contribution < -0.4 is 11.3 Å². The Kier molecular flexibility index (Phi) is 4.35. The van der Waals surface area contributed by atoms with Crippen molar-refractivity contribution in [1.82, 2.24) is 10.4 Å². The van der Waals surface area contributed by atoms with Crippen LogP contribution in [0, 0.1) is 6.92 Å². The number of nitrogens with two attached hydrogens (primary N) is 1. The molecular weight excluding hydrogens is 346 g/mol. The molecule has 3 nitrogen and oxygen atoms in total. The minimum atomic E-state index is 0.0578. The van der Waals surface area contributed by atoms with Gasteiger partial charge in [0.25, 0.3) is 0 Å². The number of nitrogens with zero attached hydrogens (tertiary/aromatic N) is 1. The lowest BCUT2D eigenvalue weighted by atomic mass is 10.0. The molecule has 2 aromatic carbocycles. The van der Waals surface area contributed by atoms with Gasteiger partial charge in [-0.05, 0) is 36.2 Å². The summed E-state index contributed by atoms with van der Waals surface area (Å²) in [6, 6.07) is 14.6. The van der Waals surface area contributed by atoms with E-state index in [0.29, 0.717) is 0 Å². The van der Waals surface area contributed by atoms with Crippen LogP contribution in [0.5, 0.6) is 0 Å². The molecule has 0 saturated heterocycles. The lowest BCUT2D eigenvalue weighted by Gasteiger charge is -2.16. The molecule has 0 aliphatic carbocycles. The van der Waals surface area contributed by atoms with Gasteiger partial charge in [-0.25, -0.2) is 4.98 Å². The maximum Gasteiger partial charge on any atom is 0.0958 e. The maximum atomic E-state index is 5.75. The Labute approximate surface area is 136 Å². The fourth-order valence-electron chi connectivity index (χ4n) is 2.28. The van der Waals surface area contributed by atoms with Crippen LogP contribution in [0.25, 0.3) is 10.2 Å². The monoisotopic (exact) mass is 361 g/mol. The minimum absolute atomic E-state index is 0.0578. The van der Waals surface area contributed by atoms with E-state index in [1.807, 2.05) is 18.2 Å². The van der Waals surface area contributed by atoms with E-state index in [0.717, 1.165) is 27.0 Å². The maximum absolute atomic E-state index is 5.75.